The van der Waals surface area contributed by atoms with Gasteiger partial charge in [-0.1, -0.05) is 0 Å². The fourth-order valence-corrected chi connectivity index (χ4v) is 1.40. The number of hydrogen-bond acceptors (Lipinski definition) is 6. The Morgan fingerprint density at radius 3 is 1.62 bits per heavy atom. The summed E-state index contributed by atoms with van der Waals surface area (Å²) < 4.78 is 21.6. The molecular formula is C15H34N2O4. The molecule has 0 spiro atoms. The molecule has 0 saturated heterocycles. The Morgan fingerprint density at radius 2 is 1.19 bits per heavy atom. The van der Waals surface area contributed by atoms with Crippen molar-refractivity contribution in [2.45, 2.75) is 19.9 Å². The highest BCUT2D eigenvalue weighted by Crippen LogP contribution is 1.92. The van der Waals surface area contributed by atoms with Gasteiger partial charge in [0.05, 0.1) is 52.9 Å². The quantitative estimate of drug-likeness (QED) is 0.422. The first kappa shape index (κ1) is 20.8. The summed E-state index contributed by atoms with van der Waals surface area (Å²) >= 11 is 0. The van der Waals surface area contributed by atoms with Crippen molar-refractivity contribution in [1.82, 2.24) is 10.2 Å². The lowest BCUT2D eigenvalue weighted by Gasteiger charge is -2.20. The molecule has 0 rings (SSSR count). The Morgan fingerprint density at radius 1 is 0.762 bits per heavy atom. The van der Waals surface area contributed by atoms with Crippen LogP contribution >= 0.6 is 0 Å². The molecular weight excluding hydrogens is 272 g/mol. The lowest BCUT2D eigenvalue weighted by molar-refractivity contribution is -0.00348. The minimum absolute atomic E-state index is 0.559. The van der Waals surface area contributed by atoms with Crippen molar-refractivity contribution >= 4 is 0 Å². The maximum absolute atomic E-state index is 5.50. The highest BCUT2D eigenvalue weighted by Gasteiger charge is 2.01. The van der Waals surface area contributed by atoms with Crippen LogP contribution in [0.5, 0.6) is 0 Å². The minimum Gasteiger partial charge on any atom is -0.378 e. The van der Waals surface area contributed by atoms with Gasteiger partial charge in [0.2, 0.25) is 0 Å². The summed E-state index contributed by atoms with van der Waals surface area (Å²) in [6.45, 7) is 11.4. The summed E-state index contributed by atoms with van der Waals surface area (Å²) in [6, 6.07) is 0.559. The molecule has 0 aliphatic heterocycles. The van der Waals surface area contributed by atoms with Crippen LogP contribution in [0.3, 0.4) is 0 Å². The smallest absolute Gasteiger partial charge is 0.0701 e. The van der Waals surface area contributed by atoms with E-state index < -0.39 is 0 Å². The fraction of sp³-hybridized carbons (Fsp3) is 1.00. The standard InChI is InChI=1S/C15H34N2O4/c1-15(2)17(4)6-8-19-10-12-21-14-13-20-11-9-18-7-5-16-3/h15-16H,5-14H2,1-4H3. The van der Waals surface area contributed by atoms with Crippen LogP contribution in [-0.4, -0.2) is 91.0 Å². The highest BCUT2D eigenvalue weighted by atomic mass is 16.6. The predicted molar refractivity (Wildman–Crippen MR) is 85.0 cm³/mol. The topological polar surface area (TPSA) is 52.2 Å². The van der Waals surface area contributed by atoms with Gasteiger partial charge in [0.1, 0.15) is 0 Å². The van der Waals surface area contributed by atoms with Crippen LogP contribution in [0.15, 0.2) is 0 Å². The van der Waals surface area contributed by atoms with Crippen molar-refractivity contribution in [2.75, 3.05) is 80.0 Å². The van der Waals surface area contributed by atoms with Crippen LogP contribution in [0.25, 0.3) is 0 Å². The first-order valence-corrected chi connectivity index (χ1v) is 7.84. The van der Waals surface area contributed by atoms with Crippen LogP contribution in [-0.2, 0) is 18.9 Å². The second-order valence-corrected chi connectivity index (χ2v) is 5.13. The SMILES string of the molecule is CNCCOCCOCCOCCOCCN(C)C(C)C. The van der Waals surface area contributed by atoms with Crippen LogP contribution < -0.4 is 5.32 Å². The molecule has 0 atom stereocenters. The van der Waals surface area contributed by atoms with Gasteiger partial charge in [-0.3, -0.25) is 0 Å². The van der Waals surface area contributed by atoms with Gasteiger partial charge in [-0.2, -0.15) is 0 Å². The van der Waals surface area contributed by atoms with Gasteiger partial charge in [-0.15, -0.1) is 0 Å². The third-order valence-electron chi connectivity index (χ3n) is 3.08. The van der Waals surface area contributed by atoms with E-state index in [-0.39, 0.29) is 0 Å². The molecule has 0 fully saturated rings. The largest absolute Gasteiger partial charge is 0.378 e. The molecule has 0 radical (unpaired) electrons. The molecule has 0 bridgehead atoms. The lowest BCUT2D eigenvalue weighted by Crippen LogP contribution is -2.30. The molecule has 1 N–H and O–H groups in total. The molecule has 6 heteroatoms. The van der Waals surface area contributed by atoms with E-state index in [1.165, 1.54) is 0 Å². The third kappa shape index (κ3) is 16.0. The van der Waals surface area contributed by atoms with E-state index >= 15 is 0 Å². The maximum Gasteiger partial charge on any atom is 0.0701 e. The van der Waals surface area contributed by atoms with Gasteiger partial charge in [0.25, 0.3) is 0 Å². The van der Waals surface area contributed by atoms with Crippen molar-refractivity contribution in [1.29, 1.82) is 0 Å². The van der Waals surface area contributed by atoms with Gasteiger partial charge in [0, 0.05) is 19.1 Å². The molecule has 128 valence electrons. The normalized spacial score (nSPS) is 11.7. The molecule has 0 aliphatic rings. The Bertz CT molecular complexity index is 206. The zero-order chi connectivity index (χ0) is 15.8. The number of nitrogens with one attached hydrogen (secondary N) is 1. The Labute approximate surface area is 130 Å². The number of rotatable bonds is 16. The van der Waals surface area contributed by atoms with Crippen molar-refractivity contribution < 1.29 is 18.9 Å². The molecule has 6 nitrogen and oxygen atoms in total. The van der Waals surface area contributed by atoms with E-state index in [1.807, 2.05) is 7.05 Å². The van der Waals surface area contributed by atoms with Crippen molar-refractivity contribution in [3.8, 4) is 0 Å². The summed E-state index contributed by atoms with van der Waals surface area (Å²) in [5.41, 5.74) is 0. The maximum atomic E-state index is 5.50. The van der Waals surface area contributed by atoms with Crippen LogP contribution in [0, 0.1) is 0 Å². The zero-order valence-corrected chi connectivity index (χ0v) is 14.2. The van der Waals surface area contributed by atoms with Crippen molar-refractivity contribution in [3.05, 3.63) is 0 Å². The van der Waals surface area contributed by atoms with E-state index in [0.717, 1.165) is 26.3 Å². The van der Waals surface area contributed by atoms with E-state index in [4.69, 9.17) is 18.9 Å². The number of ether oxygens (including phenoxy) is 4. The second kappa shape index (κ2) is 16.1. The van der Waals surface area contributed by atoms with Gasteiger partial charge in [0.15, 0.2) is 0 Å². The molecule has 0 saturated carbocycles. The van der Waals surface area contributed by atoms with Crippen LogP contribution in [0.4, 0.5) is 0 Å². The van der Waals surface area contributed by atoms with E-state index in [2.05, 4.69) is 31.1 Å². The van der Waals surface area contributed by atoms with Gasteiger partial charge < -0.3 is 29.2 Å². The Kier molecular flexibility index (Phi) is 16.0. The zero-order valence-electron chi connectivity index (χ0n) is 14.2. The Balaban J connectivity index is 3.03. The fourth-order valence-electron chi connectivity index (χ4n) is 1.40. The lowest BCUT2D eigenvalue weighted by atomic mass is 10.3. The van der Waals surface area contributed by atoms with Crippen LogP contribution in [0.1, 0.15) is 13.8 Å². The third-order valence-corrected chi connectivity index (χ3v) is 3.08. The molecule has 0 heterocycles. The summed E-state index contributed by atoms with van der Waals surface area (Å²) in [4.78, 5) is 2.26. The second-order valence-electron chi connectivity index (χ2n) is 5.13. The summed E-state index contributed by atoms with van der Waals surface area (Å²) in [6.07, 6.45) is 0. The number of nitrogens with zero attached hydrogens (tertiary/aromatic N) is 1. The highest BCUT2D eigenvalue weighted by molar-refractivity contribution is 4.55. The van der Waals surface area contributed by atoms with E-state index in [1.54, 1.807) is 0 Å². The molecule has 0 unspecified atom stereocenters. The predicted octanol–water partition coefficient (Wildman–Crippen LogP) is 0.612. The average Bonchev–Trinajstić information content (AvgIpc) is 2.47. The first-order chi connectivity index (χ1) is 10.2. The van der Waals surface area contributed by atoms with E-state index in [0.29, 0.717) is 45.7 Å². The first-order valence-electron chi connectivity index (χ1n) is 7.84. The summed E-state index contributed by atoms with van der Waals surface area (Å²) in [7, 11) is 4.01. The monoisotopic (exact) mass is 306 g/mol. The molecule has 0 aliphatic carbocycles. The molecule has 0 aromatic carbocycles. The number of hydrogen-bond donors (Lipinski definition) is 1. The van der Waals surface area contributed by atoms with Crippen LogP contribution in [0.2, 0.25) is 0 Å². The summed E-state index contributed by atoms with van der Waals surface area (Å²) in [5, 5.41) is 3.02. The molecule has 0 amide bonds. The summed E-state index contributed by atoms with van der Waals surface area (Å²) in [5.74, 6) is 0. The molecule has 0 aromatic heterocycles. The minimum atomic E-state index is 0.559. The van der Waals surface area contributed by atoms with Crippen molar-refractivity contribution in [3.63, 3.8) is 0 Å². The molecule has 0 aromatic rings. The van der Waals surface area contributed by atoms with E-state index in [9.17, 15) is 0 Å². The Hall–Kier alpha value is -0.240. The number of likely N-dealkylation sites (N-methyl/N-ethyl adjacent to an activating group) is 2. The molecule has 21 heavy (non-hydrogen) atoms. The average molecular weight is 306 g/mol. The van der Waals surface area contributed by atoms with Gasteiger partial charge >= 0.3 is 0 Å². The van der Waals surface area contributed by atoms with Gasteiger partial charge in [-0.25, -0.2) is 0 Å². The van der Waals surface area contributed by atoms with Crippen molar-refractivity contribution in [2.24, 2.45) is 0 Å². The van der Waals surface area contributed by atoms with Gasteiger partial charge in [-0.05, 0) is 27.9 Å².